The molecular weight excluding hydrogens is 510 g/mol. The van der Waals surface area contributed by atoms with Gasteiger partial charge in [0.1, 0.15) is 17.0 Å². The SMILES string of the molecule is CC1(C)OC(=O)c2ccc(Nc3ncc(C(=O)NNCc4ccccn4)c(NC(CO)c4ccccc4)n3)cc21. The molecule has 11 heteroatoms. The lowest BCUT2D eigenvalue weighted by Crippen LogP contribution is -2.37. The summed E-state index contributed by atoms with van der Waals surface area (Å²) in [5, 5.41) is 16.4. The van der Waals surface area contributed by atoms with Crippen molar-refractivity contribution in [2.75, 3.05) is 17.2 Å². The van der Waals surface area contributed by atoms with E-state index in [9.17, 15) is 14.7 Å². The number of anilines is 3. The van der Waals surface area contributed by atoms with Crippen molar-refractivity contribution < 1.29 is 19.4 Å². The topological polar surface area (TPSA) is 150 Å². The Morgan fingerprint density at radius 3 is 2.60 bits per heavy atom. The normalized spacial score (nSPS) is 14.1. The number of carbonyl (C=O) groups is 2. The minimum atomic E-state index is -0.758. The number of rotatable bonds is 10. The van der Waals surface area contributed by atoms with Crippen LogP contribution < -0.4 is 21.5 Å². The largest absolute Gasteiger partial charge is 0.451 e. The first-order valence-electron chi connectivity index (χ1n) is 12.7. The number of aliphatic hydroxyl groups is 1. The van der Waals surface area contributed by atoms with E-state index in [0.717, 1.165) is 16.8 Å². The molecule has 5 N–H and O–H groups in total. The predicted octanol–water partition coefficient (Wildman–Crippen LogP) is 3.60. The Kier molecular flexibility index (Phi) is 7.67. The van der Waals surface area contributed by atoms with Crippen molar-refractivity contribution in [2.45, 2.75) is 32.0 Å². The summed E-state index contributed by atoms with van der Waals surface area (Å²) in [4.78, 5) is 38.4. The Morgan fingerprint density at radius 1 is 1.05 bits per heavy atom. The molecule has 0 fully saturated rings. The van der Waals surface area contributed by atoms with E-state index in [0.29, 0.717) is 17.8 Å². The highest BCUT2D eigenvalue weighted by Gasteiger charge is 2.37. The number of ether oxygens (including phenoxy) is 1. The summed E-state index contributed by atoms with van der Waals surface area (Å²) < 4.78 is 5.46. The van der Waals surface area contributed by atoms with E-state index in [1.54, 1.807) is 18.3 Å². The molecule has 0 spiro atoms. The number of fused-ring (bicyclic) bond motifs is 1. The molecule has 1 amide bonds. The molecule has 0 saturated heterocycles. The summed E-state index contributed by atoms with van der Waals surface area (Å²) in [6.45, 7) is 3.74. The van der Waals surface area contributed by atoms with Crippen LogP contribution in [0.4, 0.5) is 17.5 Å². The van der Waals surface area contributed by atoms with Crippen molar-refractivity contribution in [3.8, 4) is 0 Å². The number of esters is 1. The van der Waals surface area contributed by atoms with Crippen LogP contribution in [-0.2, 0) is 16.9 Å². The van der Waals surface area contributed by atoms with Gasteiger partial charge in [-0.2, -0.15) is 4.98 Å². The van der Waals surface area contributed by atoms with E-state index in [4.69, 9.17) is 4.74 Å². The van der Waals surface area contributed by atoms with Crippen LogP contribution in [0.25, 0.3) is 0 Å². The molecule has 11 nitrogen and oxygen atoms in total. The lowest BCUT2D eigenvalue weighted by molar-refractivity contribution is 0.00953. The van der Waals surface area contributed by atoms with Gasteiger partial charge in [0.15, 0.2) is 0 Å². The van der Waals surface area contributed by atoms with E-state index in [1.165, 1.54) is 6.20 Å². The number of hydrogen-bond acceptors (Lipinski definition) is 10. The monoisotopic (exact) mass is 539 g/mol. The summed E-state index contributed by atoms with van der Waals surface area (Å²) in [6.07, 6.45) is 3.07. The van der Waals surface area contributed by atoms with Crippen molar-refractivity contribution in [2.24, 2.45) is 0 Å². The van der Waals surface area contributed by atoms with Crippen LogP contribution >= 0.6 is 0 Å². The number of benzene rings is 2. The van der Waals surface area contributed by atoms with Gasteiger partial charge in [-0.3, -0.25) is 15.2 Å². The maximum Gasteiger partial charge on any atom is 0.339 e. The minimum Gasteiger partial charge on any atom is -0.451 e. The van der Waals surface area contributed by atoms with E-state index >= 15 is 0 Å². The number of pyridine rings is 1. The van der Waals surface area contributed by atoms with E-state index in [1.807, 2.05) is 68.4 Å². The van der Waals surface area contributed by atoms with Crippen LogP contribution in [-0.4, -0.2) is 38.5 Å². The standard InChI is InChI=1S/C29H29N7O4/c1-29(2)23-14-19(11-12-21(23)27(39)40-29)33-28-31-16-22(26(38)36-32-15-20-10-6-7-13-30-20)25(35-28)34-24(17-37)18-8-4-3-5-9-18/h3-14,16,24,32,37H,15,17H2,1-2H3,(H,36,38)(H2,31,33,34,35). The fraction of sp³-hybridized carbons (Fsp3) is 0.207. The molecule has 5 rings (SSSR count). The number of nitrogens with one attached hydrogen (secondary N) is 4. The molecule has 0 radical (unpaired) electrons. The zero-order chi connectivity index (χ0) is 28.1. The van der Waals surface area contributed by atoms with Crippen molar-refractivity contribution in [3.63, 3.8) is 0 Å². The van der Waals surface area contributed by atoms with E-state index in [2.05, 4.69) is 36.4 Å². The van der Waals surface area contributed by atoms with Crippen LogP contribution in [0.5, 0.6) is 0 Å². The summed E-state index contributed by atoms with van der Waals surface area (Å²) >= 11 is 0. The lowest BCUT2D eigenvalue weighted by atomic mass is 9.95. The number of aromatic nitrogens is 3. The zero-order valence-corrected chi connectivity index (χ0v) is 22.0. The van der Waals surface area contributed by atoms with Crippen LogP contribution in [0.1, 0.15) is 57.4 Å². The van der Waals surface area contributed by atoms with Crippen molar-refractivity contribution in [1.82, 2.24) is 25.8 Å². The predicted molar refractivity (Wildman–Crippen MR) is 149 cm³/mol. The van der Waals surface area contributed by atoms with Gasteiger partial charge in [0, 0.05) is 23.6 Å². The average molecular weight is 540 g/mol. The maximum atomic E-state index is 13.1. The Balaban J connectivity index is 1.40. The highest BCUT2D eigenvalue weighted by Crippen LogP contribution is 2.37. The molecule has 2 aromatic heterocycles. The van der Waals surface area contributed by atoms with Gasteiger partial charge in [-0.05, 0) is 49.7 Å². The molecule has 1 aliphatic heterocycles. The smallest absolute Gasteiger partial charge is 0.339 e. The summed E-state index contributed by atoms with van der Waals surface area (Å²) in [7, 11) is 0. The Labute approximate surface area is 231 Å². The third-order valence-electron chi connectivity index (χ3n) is 6.42. The van der Waals surface area contributed by atoms with E-state index < -0.39 is 17.6 Å². The first-order chi connectivity index (χ1) is 19.3. The number of carbonyl (C=O) groups excluding carboxylic acids is 2. The minimum absolute atomic E-state index is 0.169. The number of cyclic esters (lactones) is 1. The van der Waals surface area contributed by atoms with Gasteiger partial charge in [0.2, 0.25) is 5.95 Å². The van der Waals surface area contributed by atoms with Gasteiger partial charge in [0.05, 0.1) is 30.5 Å². The number of aliphatic hydroxyl groups excluding tert-OH is 1. The summed E-state index contributed by atoms with van der Waals surface area (Å²) in [5.74, 6) is -0.396. The first-order valence-corrected chi connectivity index (χ1v) is 12.7. The van der Waals surface area contributed by atoms with Gasteiger partial charge < -0.3 is 20.5 Å². The number of hydrogen-bond donors (Lipinski definition) is 5. The summed E-state index contributed by atoms with van der Waals surface area (Å²) in [5.41, 5.74) is 8.41. The molecule has 0 bridgehead atoms. The molecule has 0 saturated carbocycles. The molecule has 4 aromatic rings. The van der Waals surface area contributed by atoms with Crippen LogP contribution in [0.3, 0.4) is 0 Å². The number of nitrogens with zero attached hydrogens (tertiary/aromatic N) is 3. The van der Waals surface area contributed by atoms with Crippen molar-refractivity contribution >= 4 is 29.3 Å². The molecular formula is C29H29N7O4. The van der Waals surface area contributed by atoms with Gasteiger partial charge >= 0.3 is 5.97 Å². The second-order valence-corrected chi connectivity index (χ2v) is 9.66. The molecule has 1 unspecified atom stereocenters. The molecule has 204 valence electrons. The lowest BCUT2D eigenvalue weighted by Gasteiger charge is -2.20. The number of amides is 1. The Hall–Kier alpha value is -4.87. The first kappa shape index (κ1) is 26.7. The maximum absolute atomic E-state index is 13.1. The molecule has 1 aliphatic rings. The second-order valence-electron chi connectivity index (χ2n) is 9.66. The van der Waals surface area contributed by atoms with Crippen molar-refractivity contribution in [3.05, 3.63) is 107 Å². The van der Waals surface area contributed by atoms with Gasteiger partial charge in [-0.1, -0.05) is 36.4 Å². The molecule has 1 atom stereocenters. The molecule has 40 heavy (non-hydrogen) atoms. The van der Waals surface area contributed by atoms with E-state index in [-0.39, 0.29) is 29.9 Å². The van der Waals surface area contributed by atoms with Crippen molar-refractivity contribution in [1.29, 1.82) is 0 Å². The van der Waals surface area contributed by atoms with Crippen LogP contribution in [0.2, 0.25) is 0 Å². The van der Waals surface area contributed by atoms with Crippen LogP contribution in [0.15, 0.2) is 79.1 Å². The third kappa shape index (κ3) is 5.90. The highest BCUT2D eigenvalue weighted by atomic mass is 16.6. The quantitative estimate of drug-likeness (QED) is 0.149. The highest BCUT2D eigenvalue weighted by molar-refractivity contribution is 5.98. The molecule has 0 aliphatic carbocycles. The third-order valence-corrected chi connectivity index (χ3v) is 6.42. The van der Waals surface area contributed by atoms with Crippen LogP contribution in [0, 0.1) is 0 Å². The second kappa shape index (κ2) is 11.5. The fourth-order valence-electron chi connectivity index (χ4n) is 4.36. The zero-order valence-electron chi connectivity index (χ0n) is 22.0. The molecule has 3 heterocycles. The molecule has 2 aromatic carbocycles. The Morgan fingerprint density at radius 2 is 1.85 bits per heavy atom. The van der Waals surface area contributed by atoms with Gasteiger partial charge in [-0.15, -0.1) is 0 Å². The van der Waals surface area contributed by atoms with Gasteiger partial charge in [0.25, 0.3) is 5.91 Å². The summed E-state index contributed by atoms with van der Waals surface area (Å²) in [6, 6.07) is 19.6. The average Bonchev–Trinajstić information content (AvgIpc) is 3.19. The fourth-order valence-corrected chi connectivity index (χ4v) is 4.36. The Bertz CT molecular complexity index is 1510. The number of hydrazine groups is 1. The van der Waals surface area contributed by atoms with Gasteiger partial charge in [-0.25, -0.2) is 15.2 Å².